The SMILES string of the molecule is CC(C)C(NP(=O)(Oc1ccccc1)OC1C[C@H](n2cnc3c(N)nc(Cl)nc32)OC1CO)C(=O)OCc1ccccc1. The number of nitrogens with zero attached hydrogens (tertiary/aromatic N) is 4. The Bertz CT molecular complexity index is 1590. The van der Waals surface area contributed by atoms with Crippen LogP contribution in [0.1, 0.15) is 32.1 Å². The van der Waals surface area contributed by atoms with E-state index in [0.29, 0.717) is 11.2 Å². The second-order valence-electron chi connectivity index (χ2n) is 10.2. The molecule has 1 fully saturated rings. The zero-order chi connectivity index (χ0) is 30.6. The molecule has 2 aromatic heterocycles. The van der Waals surface area contributed by atoms with Crippen LogP contribution >= 0.6 is 19.3 Å². The number of nitrogen functional groups attached to an aromatic ring is 1. The average molecular weight is 631 g/mol. The number of benzene rings is 2. The summed E-state index contributed by atoms with van der Waals surface area (Å²) in [5.41, 5.74) is 7.39. The van der Waals surface area contributed by atoms with E-state index in [1.54, 1.807) is 48.7 Å². The number of nitrogens with one attached hydrogen (secondary N) is 1. The normalized spacial score (nSPS) is 20.6. The predicted molar refractivity (Wildman–Crippen MR) is 158 cm³/mol. The van der Waals surface area contributed by atoms with Gasteiger partial charge in [-0.1, -0.05) is 62.4 Å². The summed E-state index contributed by atoms with van der Waals surface area (Å²) in [6.45, 7) is 3.14. The molecule has 1 aliphatic heterocycles. The van der Waals surface area contributed by atoms with Gasteiger partial charge in [-0.15, -0.1) is 0 Å². The minimum atomic E-state index is -4.30. The number of ether oxygens (including phenoxy) is 2. The fourth-order valence-electron chi connectivity index (χ4n) is 4.61. The van der Waals surface area contributed by atoms with E-state index in [-0.39, 0.29) is 35.8 Å². The molecule has 15 heteroatoms. The smallest absolute Gasteiger partial charge is 0.459 e. The van der Waals surface area contributed by atoms with E-state index in [4.69, 9.17) is 35.9 Å². The molecule has 0 spiro atoms. The van der Waals surface area contributed by atoms with Crippen molar-refractivity contribution in [3.8, 4) is 5.75 Å². The van der Waals surface area contributed by atoms with Gasteiger partial charge in [-0.2, -0.15) is 15.1 Å². The Balaban J connectivity index is 1.39. The molecule has 0 amide bonds. The Morgan fingerprint density at radius 3 is 2.56 bits per heavy atom. The van der Waals surface area contributed by atoms with Crippen LogP contribution in [0.5, 0.6) is 5.75 Å². The Hall–Kier alpha value is -3.58. The number of hydrogen-bond donors (Lipinski definition) is 3. The molecule has 0 radical (unpaired) electrons. The van der Waals surface area contributed by atoms with Crippen LogP contribution in [-0.4, -0.2) is 55.5 Å². The minimum Gasteiger partial charge on any atom is -0.460 e. The van der Waals surface area contributed by atoms with Crippen molar-refractivity contribution in [3.05, 3.63) is 77.8 Å². The second-order valence-corrected chi connectivity index (χ2v) is 12.2. The monoisotopic (exact) mass is 630 g/mol. The summed E-state index contributed by atoms with van der Waals surface area (Å²) in [4.78, 5) is 25.6. The lowest BCUT2D eigenvalue weighted by atomic mass is 10.1. The van der Waals surface area contributed by atoms with Gasteiger partial charge in [-0.3, -0.25) is 13.9 Å². The van der Waals surface area contributed by atoms with Crippen molar-refractivity contribution in [1.29, 1.82) is 0 Å². The number of fused-ring (bicyclic) bond motifs is 1. The van der Waals surface area contributed by atoms with Crippen molar-refractivity contribution in [1.82, 2.24) is 24.6 Å². The van der Waals surface area contributed by atoms with E-state index >= 15 is 0 Å². The Kier molecular flexibility index (Phi) is 9.60. The number of imidazole rings is 1. The minimum absolute atomic E-state index is 0.0386. The van der Waals surface area contributed by atoms with Gasteiger partial charge in [0, 0.05) is 6.42 Å². The van der Waals surface area contributed by atoms with E-state index < -0.39 is 44.8 Å². The van der Waals surface area contributed by atoms with Gasteiger partial charge in [0.1, 0.15) is 42.4 Å². The zero-order valence-corrected chi connectivity index (χ0v) is 25.1. The third-order valence-corrected chi connectivity index (χ3v) is 8.54. The summed E-state index contributed by atoms with van der Waals surface area (Å²) in [5.74, 6) is -0.635. The molecular formula is C28H32ClN6O7P. The van der Waals surface area contributed by atoms with Crippen molar-refractivity contribution < 1.29 is 33.0 Å². The predicted octanol–water partition coefficient (Wildman–Crippen LogP) is 4.27. The molecule has 0 bridgehead atoms. The second kappa shape index (κ2) is 13.4. The number of nitrogens with two attached hydrogens (primary N) is 1. The number of aliphatic hydroxyl groups excluding tert-OH is 1. The largest absolute Gasteiger partial charge is 0.460 e. The topological polar surface area (TPSA) is 173 Å². The number of anilines is 1. The Labute approximate surface area is 252 Å². The van der Waals surface area contributed by atoms with Crippen molar-refractivity contribution >= 4 is 42.3 Å². The van der Waals surface area contributed by atoms with Gasteiger partial charge in [0.05, 0.1) is 12.9 Å². The average Bonchev–Trinajstić information content (AvgIpc) is 3.59. The zero-order valence-electron chi connectivity index (χ0n) is 23.4. The van der Waals surface area contributed by atoms with Crippen molar-refractivity contribution in [2.45, 2.75) is 51.4 Å². The Morgan fingerprint density at radius 2 is 1.88 bits per heavy atom. The molecule has 43 heavy (non-hydrogen) atoms. The highest BCUT2D eigenvalue weighted by Crippen LogP contribution is 2.50. The van der Waals surface area contributed by atoms with Crippen molar-refractivity contribution in [2.24, 2.45) is 5.92 Å². The molecule has 4 aromatic rings. The molecule has 4 unspecified atom stereocenters. The number of carbonyl (C=O) groups excluding carboxylic acids is 1. The summed E-state index contributed by atoms with van der Waals surface area (Å²) in [5, 5.41) is 12.9. The lowest BCUT2D eigenvalue weighted by Gasteiger charge is -2.29. The molecule has 1 saturated heterocycles. The molecule has 4 N–H and O–H groups in total. The summed E-state index contributed by atoms with van der Waals surface area (Å²) in [7, 11) is -4.30. The van der Waals surface area contributed by atoms with Gasteiger partial charge in [0.15, 0.2) is 11.5 Å². The maximum absolute atomic E-state index is 14.4. The highest BCUT2D eigenvalue weighted by Gasteiger charge is 2.45. The van der Waals surface area contributed by atoms with Crippen LogP contribution in [-0.2, 0) is 30.0 Å². The van der Waals surface area contributed by atoms with Gasteiger partial charge >= 0.3 is 13.7 Å². The highest BCUT2D eigenvalue weighted by molar-refractivity contribution is 7.52. The molecule has 0 saturated carbocycles. The fourth-order valence-corrected chi connectivity index (χ4v) is 6.66. The van der Waals surface area contributed by atoms with Crippen molar-refractivity contribution in [2.75, 3.05) is 12.3 Å². The van der Waals surface area contributed by atoms with E-state index in [1.165, 1.54) is 6.33 Å². The third kappa shape index (κ3) is 7.32. The van der Waals surface area contributed by atoms with E-state index in [0.717, 1.165) is 5.56 Å². The van der Waals surface area contributed by atoms with E-state index in [9.17, 15) is 14.5 Å². The van der Waals surface area contributed by atoms with Gasteiger partial charge in [-0.25, -0.2) is 9.55 Å². The number of rotatable bonds is 12. The highest BCUT2D eigenvalue weighted by atomic mass is 35.5. The number of esters is 1. The van der Waals surface area contributed by atoms with Gasteiger partial charge in [0.2, 0.25) is 5.28 Å². The number of carbonyl (C=O) groups is 1. The third-order valence-electron chi connectivity index (χ3n) is 6.78. The molecule has 3 heterocycles. The molecule has 2 aromatic carbocycles. The van der Waals surface area contributed by atoms with Crippen LogP contribution in [0.15, 0.2) is 67.0 Å². The Morgan fingerprint density at radius 1 is 1.19 bits per heavy atom. The fraction of sp³-hybridized carbons (Fsp3) is 0.357. The maximum atomic E-state index is 14.4. The first kappa shape index (κ1) is 30.9. The summed E-state index contributed by atoms with van der Waals surface area (Å²) in [6.07, 6.45) is -0.998. The first-order valence-electron chi connectivity index (χ1n) is 13.6. The van der Waals surface area contributed by atoms with Crippen LogP contribution in [0, 0.1) is 5.92 Å². The lowest BCUT2D eigenvalue weighted by molar-refractivity contribution is -0.148. The van der Waals surface area contributed by atoms with Crippen LogP contribution in [0.2, 0.25) is 5.28 Å². The van der Waals surface area contributed by atoms with Crippen LogP contribution in [0.4, 0.5) is 5.82 Å². The lowest BCUT2D eigenvalue weighted by Crippen LogP contribution is -2.42. The molecule has 1 aliphatic rings. The molecule has 0 aliphatic carbocycles. The number of aliphatic hydroxyl groups is 1. The van der Waals surface area contributed by atoms with Crippen molar-refractivity contribution in [3.63, 3.8) is 0 Å². The van der Waals surface area contributed by atoms with Crippen LogP contribution < -0.4 is 15.3 Å². The van der Waals surface area contributed by atoms with E-state index in [2.05, 4.69) is 20.0 Å². The summed E-state index contributed by atoms with van der Waals surface area (Å²) < 4.78 is 39.6. The first-order chi connectivity index (χ1) is 20.7. The molecule has 228 valence electrons. The van der Waals surface area contributed by atoms with Gasteiger partial charge in [0.25, 0.3) is 0 Å². The molecular weight excluding hydrogens is 599 g/mol. The van der Waals surface area contributed by atoms with Gasteiger partial charge in [-0.05, 0) is 35.2 Å². The summed E-state index contributed by atoms with van der Waals surface area (Å²) >= 11 is 6.02. The molecule has 13 nitrogen and oxygen atoms in total. The number of aromatic nitrogens is 4. The number of para-hydroxylation sites is 1. The molecule has 5 rings (SSSR count). The van der Waals surface area contributed by atoms with E-state index in [1.807, 2.05) is 30.3 Å². The molecule has 5 atom stereocenters. The maximum Gasteiger partial charge on any atom is 0.459 e. The van der Waals surface area contributed by atoms with Crippen LogP contribution in [0.25, 0.3) is 11.2 Å². The van der Waals surface area contributed by atoms with Crippen LogP contribution in [0.3, 0.4) is 0 Å². The summed E-state index contributed by atoms with van der Waals surface area (Å²) in [6, 6.07) is 16.6. The standard InChI is InChI=1S/C28H32ClN6O7P/c1-17(2)23(27(37)39-15-18-9-5-3-6-10-18)34-43(38,41-19-11-7-4-8-12-19)42-20-13-22(40-21(20)14-36)35-16-31-24-25(30)32-28(29)33-26(24)35/h3-12,16-17,20-23,36H,13-15H2,1-2H3,(H,34,38)(H2,30,32,33)/t20?,21?,22-,23?,43?/m1/s1. The quantitative estimate of drug-likeness (QED) is 0.115. The number of hydrogen-bond acceptors (Lipinski definition) is 11. The van der Waals surface area contributed by atoms with Gasteiger partial charge < -0.3 is 24.8 Å². The number of halogens is 1. The first-order valence-corrected chi connectivity index (χ1v) is 15.5.